The lowest BCUT2D eigenvalue weighted by atomic mass is 10.0. The number of carbonyl (C=O) groups excluding carboxylic acids is 2. The molecule has 0 saturated heterocycles. The van der Waals surface area contributed by atoms with Gasteiger partial charge in [-0.2, -0.15) is 0 Å². The molecule has 4 rings (SSSR count). The average Bonchev–Trinajstić information content (AvgIpc) is 3.43. The molecular formula is C31H35Cl2N3O4S. The Hall–Kier alpha value is -3.07. The molecule has 7 nitrogen and oxygen atoms in total. The minimum atomic E-state index is -3.93. The van der Waals surface area contributed by atoms with Crippen molar-refractivity contribution in [1.82, 2.24) is 10.2 Å². The SMILES string of the molecule is Cc1ccc(CN(C(=O)CN(c2ccc(Cl)cc2Cl)S(C)(=O)=O)[C@H](Cc2ccccc2)C(=O)NC2CCCC2)cc1. The van der Waals surface area contributed by atoms with Gasteiger partial charge in [0.25, 0.3) is 0 Å². The number of sulfonamides is 1. The number of amides is 2. The molecule has 0 bridgehead atoms. The molecule has 0 aliphatic heterocycles. The molecule has 1 saturated carbocycles. The first-order valence-electron chi connectivity index (χ1n) is 13.6. The van der Waals surface area contributed by atoms with Gasteiger partial charge in [-0.1, -0.05) is 96.2 Å². The third-order valence-electron chi connectivity index (χ3n) is 7.30. The highest BCUT2D eigenvalue weighted by atomic mass is 35.5. The number of benzene rings is 3. The molecule has 1 aliphatic rings. The molecule has 10 heteroatoms. The van der Waals surface area contributed by atoms with Gasteiger partial charge in [-0.3, -0.25) is 13.9 Å². The molecule has 3 aromatic carbocycles. The molecule has 1 atom stereocenters. The summed E-state index contributed by atoms with van der Waals surface area (Å²) >= 11 is 12.4. The van der Waals surface area contributed by atoms with Gasteiger partial charge in [0.2, 0.25) is 21.8 Å². The summed E-state index contributed by atoms with van der Waals surface area (Å²) < 4.78 is 26.8. The number of anilines is 1. The fourth-order valence-electron chi connectivity index (χ4n) is 5.09. The number of nitrogens with zero attached hydrogens (tertiary/aromatic N) is 2. The van der Waals surface area contributed by atoms with Gasteiger partial charge in [-0.25, -0.2) is 8.42 Å². The maximum Gasteiger partial charge on any atom is 0.244 e. The Kier molecular flexibility index (Phi) is 10.3. The topological polar surface area (TPSA) is 86.8 Å². The fourth-order valence-corrected chi connectivity index (χ4v) is 6.51. The van der Waals surface area contributed by atoms with Gasteiger partial charge in [0.15, 0.2) is 0 Å². The van der Waals surface area contributed by atoms with Crippen LogP contribution in [0.2, 0.25) is 10.0 Å². The van der Waals surface area contributed by atoms with Crippen LogP contribution in [-0.2, 0) is 32.6 Å². The lowest BCUT2D eigenvalue weighted by molar-refractivity contribution is -0.140. The van der Waals surface area contributed by atoms with E-state index in [2.05, 4.69) is 5.32 Å². The van der Waals surface area contributed by atoms with Gasteiger partial charge in [-0.15, -0.1) is 0 Å². The van der Waals surface area contributed by atoms with Crippen LogP contribution in [0.5, 0.6) is 0 Å². The predicted molar refractivity (Wildman–Crippen MR) is 165 cm³/mol. The Morgan fingerprint density at radius 3 is 2.22 bits per heavy atom. The summed E-state index contributed by atoms with van der Waals surface area (Å²) in [4.78, 5) is 29.5. The maximum atomic E-state index is 14.2. The summed E-state index contributed by atoms with van der Waals surface area (Å²) in [5.74, 6) is -0.777. The highest BCUT2D eigenvalue weighted by molar-refractivity contribution is 7.92. The van der Waals surface area contributed by atoms with Crippen molar-refractivity contribution in [3.05, 3.63) is 99.5 Å². The molecular weight excluding hydrogens is 581 g/mol. The fraction of sp³-hybridized carbons (Fsp3) is 0.355. The Morgan fingerprint density at radius 2 is 1.61 bits per heavy atom. The van der Waals surface area contributed by atoms with Crippen molar-refractivity contribution in [3.63, 3.8) is 0 Å². The Labute approximate surface area is 252 Å². The van der Waals surface area contributed by atoms with Crippen molar-refractivity contribution >= 4 is 50.7 Å². The van der Waals surface area contributed by atoms with E-state index in [1.165, 1.54) is 23.1 Å². The van der Waals surface area contributed by atoms with Crippen LogP contribution in [-0.4, -0.2) is 50.0 Å². The van der Waals surface area contributed by atoms with Crippen molar-refractivity contribution < 1.29 is 18.0 Å². The molecule has 0 radical (unpaired) electrons. The van der Waals surface area contributed by atoms with Gasteiger partial charge in [0, 0.05) is 24.0 Å². The summed E-state index contributed by atoms with van der Waals surface area (Å²) in [6.07, 6.45) is 5.18. The van der Waals surface area contributed by atoms with E-state index >= 15 is 0 Å². The molecule has 218 valence electrons. The molecule has 3 aromatic rings. The van der Waals surface area contributed by atoms with E-state index in [4.69, 9.17) is 23.2 Å². The van der Waals surface area contributed by atoms with Crippen molar-refractivity contribution in [2.24, 2.45) is 0 Å². The van der Waals surface area contributed by atoms with Crippen molar-refractivity contribution in [2.75, 3.05) is 17.1 Å². The number of hydrogen-bond donors (Lipinski definition) is 1. The zero-order valence-corrected chi connectivity index (χ0v) is 25.6. The van der Waals surface area contributed by atoms with E-state index in [-0.39, 0.29) is 35.6 Å². The van der Waals surface area contributed by atoms with E-state index < -0.39 is 28.5 Å². The predicted octanol–water partition coefficient (Wildman–Crippen LogP) is 5.77. The number of nitrogens with one attached hydrogen (secondary N) is 1. The minimum absolute atomic E-state index is 0.0532. The highest BCUT2D eigenvalue weighted by Gasteiger charge is 2.34. The Balaban J connectivity index is 1.73. The normalized spacial score (nSPS) is 14.4. The third kappa shape index (κ3) is 8.47. The first-order chi connectivity index (χ1) is 19.5. The van der Waals surface area contributed by atoms with E-state index in [0.717, 1.165) is 52.9 Å². The largest absolute Gasteiger partial charge is 0.352 e. The molecule has 41 heavy (non-hydrogen) atoms. The Bertz CT molecular complexity index is 1460. The van der Waals surface area contributed by atoms with Crippen molar-refractivity contribution in [2.45, 2.75) is 57.7 Å². The van der Waals surface area contributed by atoms with E-state index in [9.17, 15) is 18.0 Å². The summed E-state index contributed by atoms with van der Waals surface area (Å²) in [5, 5.41) is 3.60. The van der Waals surface area contributed by atoms with Crippen LogP contribution in [0.15, 0.2) is 72.8 Å². The van der Waals surface area contributed by atoms with Gasteiger partial charge < -0.3 is 10.2 Å². The second-order valence-electron chi connectivity index (χ2n) is 10.6. The monoisotopic (exact) mass is 615 g/mol. The second-order valence-corrected chi connectivity index (χ2v) is 13.3. The summed E-state index contributed by atoms with van der Waals surface area (Å²) in [7, 11) is -3.93. The number of rotatable bonds is 11. The zero-order valence-electron chi connectivity index (χ0n) is 23.2. The number of aryl methyl sites for hydroxylation is 1. The Morgan fingerprint density at radius 1 is 0.951 bits per heavy atom. The quantitative estimate of drug-likeness (QED) is 0.297. The number of carbonyl (C=O) groups is 2. The van der Waals surface area contributed by atoms with Crippen LogP contribution < -0.4 is 9.62 Å². The zero-order chi connectivity index (χ0) is 29.6. The average molecular weight is 617 g/mol. The summed E-state index contributed by atoms with van der Waals surface area (Å²) in [6, 6.07) is 20.8. The molecule has 0 unspecified atom stereocenters. The van der Waals surface area contributed by atoms with Crippen LogP contribution >= 0.6 is 23.2 Å². The van der Waals surface area contributed by atoms with Crippen LogP contribution in [0, 0.1) is 6.92 Å². The highest BCUT2D eigenvalue weighted by Crippen LogP contribution is 2.31. The van der Waals surface area contributed by atoms with Gasteiger partial charge in [-0.05, 0) is 49.1 Å². The minimum Gasteiger partial charge on any atom is -0.352 e. The first kappa shape index (κ1) is 30.9. The molecule has 0 spiro atoms. The molecule has 1 fully saturated rings. The first-order valence-corrected chi connectivity index (χ1v) is 16.2. The van der Waals surface area contributed by atoms with Gasteiger partial charge in [0.05, 0.1) is 17.0 Å². The van der Waals surface area contributed by atoms with Crippen LogP contribution in [0.3, 0.4) is 0 Å². The molecule has 1 aliphatic carbocycles. The molecule has 1 N–H and O–H groups in total. The van der Waals surface area contributed by atoms with Crippen molar-refractivity contribution in [3.8, 4) is 0 Å². The van der Waals surface area contributed by atoms with Gasteiger partial charge >= 0.3 is 0 Å². The molecule has 0 aromatic heterocycles. The van der Waals surface area contributed by atoms with E-state index in [1.807, 2.05) is 61.5 Å². The summed E-state index contributed by atoms with van der Waals surface area (Å²) in [5.41, 5.74) is 2.91. The van der Waals surface area contributed by atoms with Crippen molar-refractivity contribution in [1.29, 1.82) is 0 Å². The smallest absolute Gasteiger partial charge is 0.244 e. The number of halogens is 2. The third-order valence-corrected chi connectivity index (χ3v) is 8.97. The van der Waals surface area contributed by atoms with E-state index in [1.54, 1.807) is 0 Å². The van der Waals surface area contributed by atoms with Crippen LogP contribution in [0.1, 0.15) is 42.4 Å². The summed E-state index contributed by atoms with van der Waals surface area (Å²) in [6.45, 7) is 1.56. The lowest BCUT2D eigenvalue weighted by Crippen LogP contribution is -2.54. The van der Waals surface area contributed by atoms with Crippen LogP contribution in [0.4, 0.5) is 5.69 Å². The number of hydrogen-bond acceptors (Lipinski definition) is 4. The molecule has 0 heterocycles. The van der Waals surface area contributed by atoms with E-state index in [0.29, 0.717) is 5.02 Å². The standard InChI is InChI=1S/C31H35Cl2N3O4S/c1-22-12-14-24(15-13-22)20-35(30(37)21-36(41(2,39)40)28-17-16-25(32)19-27(28)33)29(18-23-8-4-3-5-9-23)31(38)34-26-10-6-7-11-26/h3-5,8-9,12-17,19,26,29H,6-7,10-11,18,20-21H2,1-2H3,(H,34,38)/t29-/m1/s1. The van der Waals surface area contributed by atoms with Gasteiger partial charge in [0.1, 0.15) is 12.6 Å². The maximum absolute atomic E-state index is 14.2. The van der Waals surface area contributed by atoms with Crippen LogP contribution in [0.25, 0.3) is 0 Å². The lowest BCUT2D eigenvalue weighted by Gasteiger charge is -2.34. The molecule has 2 amide bonds. The second kappa shape index (κ2) is 13.7.